The minimum absolute atomic E-state index is 0.763. The van der Waals surface area contributed by atoms with Crippen LogP contribution in [-0.2, 0) is 13.1 Å². The Balaban J connectivity index is 1.62. The summed E-state index contributed by atoms with van der Waals surface area (Å²) in [4.78, 5) is 0. The molecule has 0 atom stereocenters. The van der Waals surface area contributed by atoms with Crippen molar-refractivity contribution in [2.45, 2.75) is 37.7 Å². The van der Waals surface area contributed by atoms with E-state index in [9.17, 15) is 0 Å². The van der Waals surface area contributed by atoms with Crippen molar-refractivity contribution in [3.05, 3.63) is 35.1 Å². The number of rotatable bonds is 9. The van der Waals surface area contributed by atoms with E-state index in [2.05, 4.69) is 33.4 Å². The normalized spacial score (nSPS) is 11.0. The molecule has 0 aliphatic carbocycles. The SMILES string of the molecule is C=CCn1cc(CNCCCSc2nnc(C)s2)c(C)n1. The van der Waals surface area contributed by atoms with Gasteiger partial charge in [-0.05, 0) is 26.8 Å². The van der Waals surface area contributed by atoms with Gasteiger partial charge in [0.1, 0.15) is 5.01 Å². The first-order valence-corrected chi connectivity index (χ1v) is 8.76. The Morgan fingerprint density at radius 3 is 3.00 bits per heavy atom. The van der Waals surface area contributed by atoms with Crippen LogP contribution in [0.5, 0.6) is 0 Å². The zero-order valence-corrected chi connectivity index (χ0v) is 14.1. The third-order valence-corrected chi connectivity index (χ3v) is 4.97. The molecule has 114 valence electrons. The second kappa shape index (κ2) is 8.31. The maximum Gasteiger partial charge on any atom is 0.174 e. The minimum Gasteiger partial charge on any atom is -0.313 e. The van der Waals surface area contributed by atoms with Crippen molar-refractivity contribution in [3.8, 4) is 0 Å². The second-order valence-corrected chi connectivity index (χ2v) is 7.24. The molecule has 21 heavy (non-hydrogen) atoms. The van der Waals surface area contributed by atoms with Crippen molar-refractivity contribution in [1.29, 1.82) is 0 Å². The quantitative estimate of drug-likeness (QED) is 0.437. The molecule has 0 saturated heterocycles. The largest absolute Gasteiger partial charge is 0.313 e. The molecular weight excluding hydrogens is 302 g/mol. The van der Waals surface area contributed by atoms with E-state index in [1.807, 2.05) is 24.6 Å². The minimum atomic E-state index is 0.763. The lowest BCUT2D eigenvalue weighted by molar-refractivity contribution is 0.674. The topological polar surface area (TPSA) is 55.6 Å². The molecule has 2 aromatic heterocycles. The van der Waals surface area contributed by atoms with E-state index in [-0.39, 0.29) is 0 Å². The molecule has 0 aromatic carbocycles. The first-order chi connectivity index (χ1) is 10.2. The Labute approximate surface area is 133 Å². The summed E-state index contributed by atoms with van der Waals surface area (Å²) in [5.74, 6) is 1.07. The average molecular weight is 323 g/mol. The standard InChI is InChI=1S/C14H21N5S2/c1-4-7-19-10-13(11(2)18-19)9-15-6-5-8-20-14-17-16-12(3)21-14/h4,10,15H,1,5-9H2,2-3H3. The number of allylic oxidation sites excluding steroid dienone is 1. The molecule has 0 spiro atoms. The number of aryl methyl sites for hydroxylation is 2. The second-order valence-electron chi connectivity index (χ2n) is 4.72. The molecule has 0 saturated carbocycles. The summed E-state index contributed by atoms with van der Waals surface area (Å²) >= 11 is 3.44. The number of aromatic nitrogens is 4. The number of thioether (sulfide) groups is 1. The number of nitrogens with zero attached hydrogens (tertiary/aromatic N) is 4. The van der Waals surface area contributed by atoms with Crippen molar-refractivity contribution >= 4 is 23.1 Å². The summed E-state index contributed by atoms with van der Waals surface area (Å²) in [6, 6.07) is 0. The van der Waals surface area contributed by atoms with Gasteiger partial charge in [0.2, 0.25) is 0 Å². The van der Waals surface area contributed by atoms with Gasteiger partial charge < -0.3 is 5.32 Å². The predicted molar refractivity (Wildman–Crippen MR) is 88.9 cm³/mol. The summed E-state index contributed by atoms with van der Waals surface area (Å²) in [6.07, 6.45) is 5.06. The molecule has 7 heteroatoms. The Morgan fingerprint density at radius 2 is 2.29 bits per heavy atom. The van der Waals surface area contributed by atoms with Crippen LogP contribution in [0.2, 0.25) is 0 Å². The molecule has 5 nitrogen and oxygen atoms in total. The van der Waals surface area contributed by atoms with Crippen molar-refractivity contribution in [3.63, 3.8) is 0 Å². The van der Waals surface area contributed by atoms with Gasteiger partial charge in [0.05, 0.1) is 12.2 Å². The van der Waals surface area contributed by atoms with Crippen LogP contribution in [0.1, 0.15) is 22.7 Å². The third-order valence-electron chi connectivity index (χ3n) is 2.91. The Morgan fingerprint density at radius 1 is 1.43 bits per heavy atom. The molecule has 0 aliphatic rings. The van der Waals surface area contributed by atoms with E-state index in [0.29, 0.717) is 0 Å². The van der Waals surface area contributed by atoms with Gasteiger partial charge in [-0.25, -0.2) is 0 Å². The highest BCUT2D eigenvalue weighted by molar-refractivity contribution is 8.01. The highest BCUT2D eigenvalue weighted by Gasteiger charge is 2.04. The number of hydrogen-bond donors (Lipinski definition) is 1. The van der Waals surface area contributed by atoms with Crippen molar-refractivity contribution in [2.75, 3.05) is 12.3 Å². The molecule has 2 heterocycles. The first kappa shape index (κ1) is 16.2. The zero-order chi connectivity index (χ0) is 15.1. The number of hydrogen-bond acceptors (Lipinski definition) is 6. The zero-order valence-electron chi connectivity index (χ0n) is 12.5. The van der Waals surface area contributed by atoms with Gasteiger partial charge in [0.25, 0.3) is 0 Å². The Kier molecular flexibility index (Phi) is 6.41. The summed E-state index contributed by atoms with van der Waals surface area (Å²) < 4.78 is 2.99. The van der Waals surface area contributed by atoms with E-state index in [0.717, 1.165) is 46.8 Å². The first-order valence-electron chi connectivity index (χ1n) is 6.96. The van der Waals surface area contributed by atoms with E-state index < -0.39 is 0 Å². The molecule has 0 unspecified atom stereocenters. The van der Waals surface area contributed by atoms with Gasteiger partial charge in [-0.1, -0.05) is 29.2 Å². The van der Waals surface area contributed by atoms with Gasteiger partial charge in [-0.2, -0.15) is 5.10 Å². The predicted octanol–water partition coefficient (Wildman–Crippen LogP) is 2.81. The summed E-state index contributed by atoms with van der Waals surface area (Å²) in [5, 5.41) is 17.1. The average Bonchev–Trinajstić information content (AvgIpc) is 3.01. The van der Waals surface area contributed by atoms with Gasteiger partial charge in [-0.3, -0.25) is 4.68 Å². The number of nitrogens with one attached hydrogen (secondary N) is 1. The fraction of sp³-hybridized carbons (Fsp3) is 0.500. The highest BCUT2D eigenvalue weighted by atomic mass is 32.2. The van der Waals surface area contributed by atoms with Crippen LogP contribution < -0.4 is 5.32 Å². The molecule has 0 fully saturated rings. The summed E-state index contributed by atoms with van der Waals surface area (Å²) in [7, 11) is 0. The molecule has 1 N–H and O–H groups in total. The van der Waals surface area contributed by atoms with Gasteiger partial charge >= 0.3 is 0 Å². The molecule has 0 radical (unpaired) electrons. The van der Waals surface area contributed by atoms with Crippen LogP contribution in [0, 0.1) is 13.8 Å². The molecule has 2 rings (SSSR count). The van der Waals surface area contributed by atoms with E-state index in [1.165, 1.54) is 5.56 Å². The van der Waals surface area contributed by atoms with Crippen LogP contribution in [0.3, 0.4) is 0 Å². The van der Waals surface area contributed by atoms with E-state index in [1.54, 1.807) is 23.1 Å². The highest BCUT2D eigenvalue weighted by Crippen LogP contribution is 2.21. The fourth-order valence-corrected chi connectivity index (χ4v) is 3.70. The maximum atomic E-state index is 4.44. The third kappa shape index (κ3) is 5.26. The molecule has 2 aromatic rings. The van der Waals surface area contributed by atoms with E-state index >= 15 is 0 Å². The lowest BCUT2D eigenvalue weighted by Gasteiger charge is -2.02. The Bertz CT molecular complexity index is 576. The fourth-order valence-electron chi connectivity index (χ4n) is 1.87. The van der Waals surface area contributed by atoms with Crippen LogP contribution in [0.25, 0.3) is 0 Å². The molecule has 0 bridgehead atoms. The van der Waals surface area contributed by atoms with Crippen molar-refractivity contribution in [2.24, 2.45) is 0 Å². The van der Waals surface area contributed by atoms with Crippen LogP contribution in [0.4, 0.5) is 0 Å². The smallest absolute Gasteiger partial charge is 0.174 e. The van der Waals surface area contributed by atoms with Crippen LogP contribution >= 0.6 is 23.1 Å². The van der Waals surface area contributed by atoms with Gasteiger partial charge in [0.15, 0.2) is 4.34 Å². The summed E-state index contributed by atoms with van der Waals surface area (Å²) in [6.45, 7) is 10.4. The van der Waals surface area contributed by atoms with Crippen molar-refractivity contribution in [1.82, 2.24) is 25.3 Å². The summed E-state index contributed by atoms with van der Waals surface area (Å²) in [5.41, 5.74) is 2.34. The molecule has 0 amide bonds. The van der Waals surface area contributed by atoms with Crippen LogP contribution in [-0.4, -0.2) is 32.3 Å². The monoisotopic (exact) mass is 323 g/mol. The van der Waals surface area contributed by atoms with Crippen molar-refractivity contribution < 1.29 is 0 Å². The lowest BCUT2D eigenvalue weighted by Crippen LogP contribution is -2.15. The Hall–Kier alpha value is -1.18. The van der Waals surface area contributed by atoms with Crippen LogP contribution in [0.15, 0.2) is 23.2 Å². The maximum absolute atomic E-state index is 4.44. The molecule has 0 aliphatic heterocycles. The lowest BCUT2D eigenvalue weighted by atomic mass is 10.2. The van der Waals surface area contributed by atoms with Gasteiger partial charge in [0, 0.05) is 24.1 Å². The van der Waals surface area contributed by atoms with Gasteiger partial charge in [-0.15, -0.1) is 16.8 Å². The molecular formula is C14H21N5S2. The van der Waals surface area contributed by atoms with E-state index in [4.69, 9.17) is 0 Å².